The first-order valence-electron chi connectivity index (χ1n) is 14.1. The van der Waals surface area contributed by atoms with Crippen LogP contribution in [0.2, 0.25) is 0 Å². The Hall–Kier alpha value is -5.32. The van der Waals surface area contributed by atoms with Crippen LogP contribution in [0, 0.1) is 0 Å². The molecule has 0 unspecified atom stereocenters. The van der Waals surface area contributed by atoms with E-state index in [-0.39, 0.29) is 0 Å². The van der Waals surface area contributed by atoms with Gasteiger partial charge in [-0.15, -0.1) is 21.5 Å². The lowest BCUT2D eigenvalue weighted by Gasteiger charge is -2.12. The van der Waals surface area contributed by atoms with Crippen LogP contribution in [0.1, 0.15) is 0 Å². The third-order valence-corrected chi connectivity index (χ3v) is 9.52. The monoisotopic (exact) mass is 553 g/mol. The van der Waals surface area contributed by atoms with Gasteiger partial charge in [0.05, 0.1) is 5.52 Å². The molecular weight excluding hydrogens is 531 g/mol. The fourth-order valence-electron chi connectivity index (χ4n) is 6.34. The van der Waals surface area contributed by atoms with E-state index in [0.29, 0.717) is 0 Å². The quantitative estimate of drug-likeness (QED) is 0.204. The van der Waals surface area contributed by atoms with Crippen molar-refractivity contribution in [2.24, 2.45) is 0 Å². The predicted octanol–water partition coefficient (Wildman–Crippen LogP) is 10.4. The van der Waals surface area contributed by atoms with Crippen LogP contribution in [-0.2, 0) is 0 Å². The number of fused-ring (bicyclic) bond motifs is 9. The fraction of sp³-hybridized carbons (Fsp3) is 0. The minimum atomic E-state index is 0.854. The second-order valence-corrected chi connectivity index (χ2v) is 11.7. The molecule has 4 heteroatoms. The highest BCUT2D eigenvalue weighted by atomic mass is 32.1. The van der Waals surface area contributed by atoms with E-state index in [1.807, 2.05) is 29.5 Å². The van der Waals surface area contributed by atoms with Crippen LogP contribution in [0.4, 0.5) is 0 Å². The molecule has 0 fully saturated rings. The van der Waals surface area contributed by atoms with Crippen LogP contribution in [0.25, 0.3) is 81.1 Å². The molecule has 0 aliphatic rings. The second kappa shape index (κ2) is 9.10. The molecule has 0 atom stereocenters. The van der Waals surface area contributed by atoms with Gasteiger partial charge in [-0.2, -0.15) is 0 Å². The largest absolute Gasteiger partial charge is 0.274 e. The zero-order chi connectivity index (χ0) is 27.6. The van der Waals surface area contributed by atoms with Crippen molar-refractivity contribution in [1.82, 2.24) is 14.6 Å². The summed E-state index contributed by atoms with van der Waals surface area (Å²) in [5.74, 6) is 0.854. The van der Waals surface area contributed by atoms with Crippen molar-refractivity contribution < 1.29 is 0 Å². The summed E-state index contributed by atoms with van der Waals surface area (Å²) in [5, 5.41) is 15.4. The lowest BCUT2D eigenvalue weighted by atomic mass is 9.96. The summed E-state index contributed by atoms with van der Waals surface area (Å²) in [7, 11) is 0. The van der Waals surface area contributed by atoms with Gasteiger partial charge in [0.1, 0.15) is 0 Å². The third-order valence-electron chi connectivity index (χ3n) is 8.30. The highest BCUT2D eigenvalue weighted by Gasteiger charge is 2.17. The number of rotatable bonds is 3. The van der Waals surface area contributed by atoms with Crippen molar-refractivity contribution in [3.8, 4) is 33.6 Å². The first-order chi connectivity index (χ1) is 20.8. The topological polar surface area (TPSA) is 30.2 Å². The SMILES string of the molecule is c1ccc(-c2nnc3c4ccccc4c4cc(-c5cccc(-c6cccc7c6sc6ccccc67)c5)ccc4n23)cc1. The van der Waals surface area contributed by atoms with E-state index in [9.17, 15) is 0 Å². The molecule has 3 nitrogen and oxygen atoms in total. The minimum absolute atomic E-state index is 0.854. The van der Waals surface area contributed by atoms with Gasteiger partial charge in [-0.05, 0) is 51.9 Å². The molecule has 0 radical (unpaired) electrons. The first-order valence-corrected chi connectivity index (χ1v) is 14.9. The van der Waals surface area contributed by atoms with Crippen LogP contribution in [0.3, 0.4) is 0 Å². The Balaban J connectivity index is 1.26. The van der Waals surface area contributed by atoms with Gasteiger partial charge in [0.2, 0.25) is 0 Å². The number of nitrogens with zero attached hydrogens (tertiary/aromatic N) is 3. The number of pyridine rings is 1. The maximum absolute atomic E-state index is 4.65. The number of thiophene rings is 1. The molecule has 0 amide bonds. The first kappa shape index (κ1) is 23.4. The zero-order valence-electron chi connectivity index (χ0n) is 22.5. The standard InChI is InChI=1S/C38H23N3S/c1-2-10-24(11-3-1)37-39-40-38-32-16-5-4-14-29(32)33-23-26(20-21-34(33)41(37)38)25-12-8-13-27(22-25)28-17-9-18-31-30-15-6-7-19-35(30)42-36(28)31/h1-23H. The maximum Gasteiger partial charge on any atom is 0.169 e. The molecule has 9 rings (SSSR count). The lowest BCUT2D eigenvalue weighted by Crippen LogP contribution is -1.94. The molecule has 9 aromatic rings. The van der Waals surface area contributed by atoms with E-state index in [1.54, 1.807) is 0 Å². The summed E-state index contributed by atoms with van der Waals surface area (Å²) in [6.45, 7) is 0. The van der Waals surface area contributed by atoms with Gasteiger partial charge in [0.25, 0.3) is 0 Å². The smallest absolute Gasteiger partial charge is 0.169 e. The summed E-state index contributed by atoms with van der Waals surface area (Å²) < 4.78 is 4.87. The highest BCUT2D eigenvalue weighted by Crippen LogP contribution is 2.41. The fourth-order valence-corrected chi connectivity index (χ4v) is 7.58. The van der Waals surface area contributed by atoms with Crippen molar-refractivity contribution in [3.63, 3.8) is 0 Å². The molecule has 3 aromatic heterocycles. The van der Waals surface area contributed by atoms with Gasteiger partial charge < -0.3 is 0 Å². The van der Waals surface area contributed by atoms with Gasteiger partial charge in [0.15, 0.2) is 11.5 Å². The van der Waals surface area contributed by atoms with Gasteiger partial charge in [-0.1, -0.05) is 115 Å². The van der Waals surface area contributed by atoms with Crippen LogP contribution in [-0.4, -0.2) is 14.6 Å². The summed E-state index contributed by atoms with van der Waals surface area (Å²) in [6.07, 6.45) is 0. The van der Waals surface area contributed by atoms with Gasteiger partial charge >= 0.3 is 0 Å². The van der Waals surface area contributed by atoms with E-state index >= 15 is 0 Å². The molecule has 196 valence electrons. The highest BCUT2D eigenvalue weighted by molar-refractivity contribution is 7.26. The zero-order valence-corrected chi connectivity index (χ0v) is 23.3. The Morgan fingerprint density at radius 2 is 1.14 bits per heavy atom. The molecule has 0 spiro atoms. The van der Waals surface area contributed by atoms with Crippen LogP contribution in [0.5, 0.6) is 0 Å². The number of hydrogen-bond donors (Lipinski definition) is 0. The van der Waals surface area contributed by atoms with Crippen molar-refractivity contribution in [2.75, 3.05) is 0 Å². The van der Waals surface area contributed by atoms with Crippen molar-refractivity contribution in [1.29, 1.82) is 0 Å². The van der Waals surface area contributed by atoms with Gasteiger partial charge in [-0.3, -0.25) is 4.40 Å². The summed E-state index contributed by atoms with van der Waals surface area (Å²) in [5.41, 5.74) is 7.92. The normalized spacial score (nSPS) is 11.8. The number of aromatic nitrogens is 3. The second-order valence-electron chi connectivity index (χ2n) is 10.7. The van der Waals surface area contributed by atoms with Crippen molar-refractivity contribution in [2.45, 2.75) is 0 Å². The Morgan fingerprint density at radius 3 is 2.05 bits per heavy atom. The predicted molar refractivity (Wildman–Crippen MR) is 177 cm³/mol. The lowest BCUT2D eigenvalue weighted by molar-refractivity contribution is 1.12. The summed E-state index contributed by atoms with van der Waals surface area (Å²) in [4.78, 5) is 0. The van der Waals surface area contributed by atoms with E-state index in [2.05, 4.69) is 136 Å². The van der Waals surface area contributed by atoms with Crippen LogP contribution < -0.4 is 0 Å². The molecular formula is C38H23N3S. The van der Waals surface area contributed by atoms with E-state index in [4.69, 9.17) is 0 Å². The Kier molecular flexibility index (Phi) is 5.07. The van der Waals surface area contributed by atoms with E-state index in [0.717, 1.165) is 27.9 Å². The molecule has 0 saturated carbocycles. The molecule has 6 aromatic carbocycles. The van der Waals surface area contributed by atoms with E-state index < -0.39 is 0 Å². The average Bonchev–Trinajstić information content (AvgIpc) is 3.68. The molecule has 42 heavy (non-hydrogen) atoms. The molecule has 3 heterocycles. The van der Waals surface area contributed by atoms with Crippen LogP contribution >= 0.6 is 11.3 Å². The molecule has 0 aliphatic heterocycles. The maximum atomic E-state index is 4.65. The molecule has 0 N–H and O–H groups in total. The van der Waals surface area contributed by atoms with E-state index in [1.165, 1.54) is 53.2 Å². The Bertz CT molecular complexity index is 2470. The average molecular weight is 554 g/mol. The van der Waals surface area contributed by atoms with Crippen molar-refractivity contribution >= 4 is 58.8 Å². The molecule has 0 saturated heterocycles. The Morgan fingerprint density at radius 1 is 0.452 bits per heavy atom. The molecule has 0 bridgehead atoms. The van der Waals surface area contributed by atoms with Crippen molar-refractivity contribution in [3.05, 3.63) is 140 Å². The van der Waals surface area contributed by atoms with Crippen LogP contribution in [0.15, 0.2) is 140 Å². The number of hydrogen-bond acceptors (Lipinski definition) is 3. The minimum Gasteiger partial charge on any atom is -0.274 e. The summed E-state index contributed by atoms with van der Waals surface area (Å²) >= 11 is 1.87. The summed E-state index contributed by atoms with van der Waals surface area (Å²) in [6, 6.07) is 49.9. The van der Waals surface area contributed by atoms with Gasteiger partial charge in [-0.25, -0.2) is 0 Å². The number of benzene rings is 6. The third kappa shape index (κ3) is 3.46. The molecule has 0 aliphatic carbocycles. The van der Waals surface area contributed by atoms with Gasteiger partial charge in [0, 0.05) is 36.5 Å². The Labute approximate surface area is 245 Å².